The number of ether oxygens (including phenoxy) is 2. The van der Waals surface area contributed by atoms with Crippen molar-refractivity contribution in [2.75, 3.05) is 13.2 Å². The highest BCUT2D eigenvalue weighted by molar-refractivity contribution is 5.84. The molecule has 3 rings (SSSR count). The molecule has 0 aliphatic heterocycles. The van der Waals surface area contributed by atoms with E-state index in [0.717, 1.165) is 11.1 Å². The normalized spacial score (nSPS) is 12.3. The van der Waals surface area contributed by atoms with E-state index in [-0.39, 0.29) is 11.5 Å². The second-order valence-electron chi connectivity index (χ2n) is 6.55. The van der Waals surface area contributed by atoms with Crippen LogP contribution in [0.1, 0.15) is 11.1 Å². The van der Waals surface area contributed by atoms with Crippen molar-refractivity contribution in [1.29, 1.82) is 0 Å². The molecule has 0 saturated carbocycles. The number of benzene rings is 2. The van der Waals surface area contributed by atoms with Crippen LogP contribution in [0.25, 0.3) is 10.9 Å². The van der Waals surface area contributed by atoms with E-state index in [1.807, 2.05) is 0 Å². The lowest BCUT2D eigenvalue weighted by Gasteiger charge is -2.11. The fraction of sp³-hybridized carbons (Fsp3) is 0.300. The second kappa shape index (κ2) is 8.86. The molecule has 162 valence electrons. The summed E-state index contributed by atoms with van der Waals surface area (Å²) in [5.41, 5.74) is 2.25. The Balaban J connectivity index is 1.54. The fourth-order valence-electron chi connectivity index (χ4n) is 2.93. The van der Waals surface area contributed by atoms with Gasteiger partial charge < -0.3 is 19.8 Å². The standard InChI is InChI=1S/C20H18F6N2O2/c21-19(22,23)12-29-15-3-1-2-13(8-15)10-27-7-6-14-11-28-18-5-4-16(9-17(14)18)30-20(24,25)26/h1-5,8-9,11,27-28H,6-7,10,12H2. The van der Waals surface area contributed by atoms with Gasteiger partial charge in [0, 0.05) is 23.6 Å². The van der Waals surface area contributed by atoms with Gasteiger partial charge in [-0.05, 0) is 54.4 Å². The maximum absolute atomic E-state index is 12.4. The molecule has 0 aliphatic rings. The first-order valence-electron chi connectivity index (χ1n) is 8.94. The molecule has 0 amide bonds. The van der Waals surface area contributed by atoms with Gasteiger partial charge in [0.05, 0.1) is 0 Å². The van der Waals surface area contributed by atoms with Crippen molar-refractivity contribution in [3.63, 3.8) is 0 Å². The molecule has 4 nitrogen and oxygen atoms in total. The highest BCUT2D eigenvalue weighted by Crippen LogP contribution is 2.28. The molecule has 0 fully saturated rings. The second-order valence-corrected chi connectivity index (χ2v) is 6.55. The Bertz CT molecular complexity index is 981. The number of alkyl halides is 6. The SMILES string of the molecule is FC(F)(F)COc1cccc(CNCCc2c[nH]c3ccc(OC(F)(F)F)cc23)c1. The average Bonchev–Trinajstić information content (AvgIpc) is 3.04. The Morgan fingerprint density at radius 3 is 2.47 bits per heavy atom. The van der Waals surface area contributed by atoms with Crippen LogP contribution in [-0.4, -0.2) is 30.7 Å². The molecule has 2 N–H and O–H groups in total. The molecule has 0 atom stereocenters. The van der Waals surface area contributed by atoms with Gasteiger partial charge in [-0.25, -0.2) is 0 Å². The molecule has 0 aliphatic carbocycles. The largest absolute Gasteiger partial charge is 0.573 e. The van der Waals surface area contributed by atoms with Crippen LogP contribution in [0.2, 0.25) is 0 Å². The predicted molar refractivity (Wildman–Crippen MR) is 98.4 cm³/mol. The summed E-state index contributed by atoms with van der Waals surface area (Å²) in [6, 6.07) is 10.4. The molecule has 0 saturated heterocycles. The van der Waals surface area contributed by atoms with Crippen molar-refractivity contribution in [2.24, 2.45) is 0 Å². The number of H-pyrrole nitrogens is 1. The third-order valence-corrected chi connectivity index (χ3v) is 4.17. The summed E-state index contributed by atoms with van der Waals surface area (Å²) in [5.74, 6) is -0.167. The summed E-state index contributed by atoms with van der Waals surface area (Å²) < 4.78 is 82.6. The molecule has 30 heavy (non-hydrogen) atoms. The van der Waals surface area contributed by atoms with E-state index < -0.39 is 19.1 Å². The van der Waals surface area contributed by atoms with Crippen molar-refractivity contribution < 1.29 is 35.8 Å². The fourth-order valence-corrected chi connectivity index (χ4v) is 2.93. The maximum atomic E-state index is 12.4. The minimum absolute atomic E-state index is 0.125. The molecule has 1 aromatic heterocycles. The van der Waals surface area contributed by atoms with E-state index in [1.54, 1.807) is 18.3 Å². The minimum atomic E-state index is -4.76. The van der Waals surface area contributed by atoms with Gasteiger partial charge in [-0.1, -0.05) is 12.1 Å². The number of hydrogen-bond acceptors (Lipinski definition) is 3. The molecule has 0 bridgehead atoms. The van der Waals surface area contributed by atoms with Gasteiger partial charge in [-0.3, -0.25) is 0 Å². The van der Waals surface area contributed by atoms with Crippen LogP contribution in [-0.2, 0) is 13.0 Å². The lowest BCUT2D eigenvalue weighted by atomic mass is 10.1. The summed E-state index contributed by atoms with van der Waals surface area (Å²) in [7, 11) is 0. The lowest BCUT2D eigenvalue weighted by Crippen LogP contribution is -2.19. The number of aromatic amines is 1. The molecule has 3 aromatic rings. The predicted octanol–water partition coefficient (Wildman–Crippen LogP) is 5.34. The summed E-state index contributed by atoms with van der Waals surface area (Å²) in [5, 5.41) is 3.78. The number of halogens is 6. The van der Waals surface area contributed by atoms with Gasteiger partial charge in [0.2, 0.25) is 0 Å². The van der Waals surface area contributed by atoms with Crippen molar-refractivity contribution in [3.05, 3.63) is 59.8 Å². The van der Waals surface area contributed by atoms with Crippen molar-refractivity contribution in [3.8, 4) is 11.5 Å². The Hall–Kier alpha value is -2.88. The Morgan fingerprint density at radius 1 is 0.933 bits per heavy atom. The first-order chi connectivity index (χ1) is 14.1. The highest BCUT2D eigenvalue weighted by atomic mass is 19.4. The Labute approximate surface area is 167 Å². The van der Waals surface area contributed by atoms with E-state index >= 15 is 0 Å². The van der Waals surface area contributed by atoms with Crippen LogP contribution in [0.15, 0.2) is 48.7 Å². The molecule has 2 aromatic carbocycles. The molecule has 0 spiro atoms. The van der Waals surface area contributed by atoms with Gasteiger partial charge in [0.15, 0.2) is 6.61 Å². The molecule has 0 unspecified atom stereocenters. The van der Waals surface area contributed by atoms with Crippen LogP contribution in [0.5, 0.6) is 11.5 Å². The molecule has 10 heteroatoms. The van der Waals surface area contributed by atoms with Crippen LogP contribution in [0, 0.1) is 0 Å². The van der Waals surface area contributed by atoms with Crippen molar-refractivity contribution in [1.82, 2.24) is 10.3 Å². The van der Waals surface area contributed by atoms with E-state index in [4.69, 9.17) is 4.74 Å². The number of aromatic nitrogens is 1. The summed E-state index contributed by atoms with van der Waals surface area (Å²) in [6.45, 7) is -0.455. The number of hydrogen-bond donors (Lipinski definition) is 2. The lowest BCUT2D eigenvalue weighted by molar-refractivity contribution is -0.274. The van der Waals surface area contributed by atoms with Gasteiger partial charge in [-0.15, -0.1) is 13.2 Å². The van der Waals surface area contributed by atoms with Crippen LogP contribution in [0.4, 0.5) is 26.3 Å². The zero-order chi connectivity index (χ0) is 21.8. The van der Waals surface area contributed by atoms with E-state index in [2.05, 4.69) is 15.0 Å². The zero-order valence-electron chi connectivity index (χ0n) is 15.5. The quantitative estimate of drug-likeness (QED) is 0.373. The summed E-state index contributed by atoms with van der Waals surface area (Å²) in [6.07, 6.45) is -6.92. The van der Waals surface area contributed by atoms with Crippen molar-refractivity contribution >= 4 is 10.9 Å². The third kappa shape index (κ3) is 6.58. The summed E-state index contributed by atoms with van der Waals surface area (Å²) >= 11 is 0. The molecular weight excluding hydrogens is 414 g/mol. The number of rotatable bonds is 8. The third-order valence-electron chi connectivity index (χ3n) is 4.17. The van der Waals surface area contributed by atoms with E-state index in [9.17, 15) is 26.3 Å². The number of fused-ring (bicyclic) bond motifs is 1. The molecular formula is C20H18F6N2O2. The monoisotopic (exact) mass is 432 g/mol. The van der Waals surface area contributed by atoms with Gasteiger partial charge in [0.1, 0.15) is 11.5 Å². The topological polar surface area (TPSA) is 46.3 Å². The van der Waals surface area contributed by atoms with E-state index in [0.29, 0.717) is 30.4 Å². The minimum Gasteiger partial charge on any atom is -0.484 e. The first kappa shape index (κ1) is 21.8. The van der Waals surface area contributed by atoms with Crippen molar-refractivity contribution in [2.45, 2.75) is 25.5 Å². The first-order valence-corrected chi connectivity index (χ1v) is 8.94. The van der Waals surface area contributed by atoms with Gasteiger partial charge in [0.25, 0.3) is 0 Å². The van der Waals surface area contributed by atoms with E-state index in [1.165, 1.54) is 30.3 Å². The van der Waals surface area contributed by atoms with Crippen LogP contribution in [0.3, 0.4) is 0 Å². The van der Waals surface area contributed by atoms with Crippen LogP contribution >= 0.6 is 0 Å². The summed E-state index contributed by atoms with van der Waals surface area (Å²) in [4.78, 5) is 3.00. The Morgan fingerprint density at radius 2 is 1.73 bits per heavy atom. The molecule has 0 radical (unpaired) electrons. The molecule has 1 heterocycles. The highest BCUT2D eigenvalue weighted by Gasteiger charge is 2.31. The number of nitrogens with one attached hydrogen (secondary N) is 2. The van der Waals surface area contributed by atoms with Crippen LogP contribution < -0.4 is 14.8 Å². The maximum Gasteiger partial charge on any atom is 0.573 e. The van der Waals surface area contributed by atoms with Gasteiger partial charge >= 0.3 is 12.5 Å². The Kier molecular flexibility index (Phi) is 6.45. The van der Waals surface area contributed by atoms with Gasteiger partial charge in [-0.2, -0.15) is 13.2 Å². The average molecular weight is 432 g/mol. The zero-order valence-corrected chi connectivity index (χ0v) is 15.5. The smallest absolute Gasteiger partial charge is 0.484 e.